The predicted octanol–water partition coefficient (Wildman–Crippen LogP) is 6.79. The van der Waals surface area contributed by atoms with Crippen LogP contribution in [0.15, 0.2) is 84.9 Å². The molecule has 3 aliphatic heterocycles. The van der Waals surface area contributed by atoms with Crippen LogP contribution >= 0.6 is 0 Å². The van der Waals surface area contributed by atoms with Gasteiger partial charge in [-0.3, -0.25) is 4.90 Å². The van der Waals surface area contributed by atoms with Crippen molar-refractivity contribution in [1.82, 2.24) is 4.90 Å². The van der Waals surface area contributed by atoms with Gasteiger partial charge in [-0.25, -0.2) is 0 Å². The Balaban J connectivity index is 1.74. The highest BCUT2D eigenvalue weighted by atomic mass is 19.4. The third-order valence-corrected chi connectivity index (χ3v) is 7.63. The summed E-state index contributed by atoms with van der Waals surface area (Å²) in [5, 5.41) is 0. The molecule has 6 rings (SSSR count). The summed E-state index contributed by atoms with van der Waals surface area (Å²) in [6.45, 7) is 1.80. The van der Waals surface area contributed by atoms with E-state index >= 15 is 0 Å². The molecule has 1 atom stereocenters. The van der Waals surface area contributed by atoms with E-state index < -0.39 is 17.4 Å². The van der Waals surface area contributed by atoms with Crippen LogP contribution in [0, 0.1) is 5.92 Å². The number of piperidine rings is 3. The Bertz CT molecular complexity index is 1040. The van der Waals surface area contributed by atoms with Crippen molar-refractivity contribution in [2.24, 2.45) is 5.92 Å². The lowest BCUT2D eigenvalue weighted by atomic mass is 9.68. The molecule has 2 bridgehead atoms. The maximum absolute atomic E-state index is 14.1. The summed E-state index contributed by atoms with van der Waals surface area (Å²) in [5.41, 5.74) is 1.34. The molecule has 0 amide bonds. The molecule has 5 heteroatoms. The summed E-state index contributed by atoms with van der Waals surface area (Å²) in [6, 6.07) is 26.6. The fourth-order valence-corrected chi connectivity index (χ4v) is 6.15. The fraction of sp³-hybridized carbons (Fsp3) is 0.357. The van der Waals surface area contributed by atoms with Crippen LogP contribution in [0.25, 0.3) is 0 Å². The third-order valence-electron chi connectivity index (χ3n) is 7.63. The molecule has 3 heterocycles. The van der Waals surface area contributed by atoms with Crippen LogP contribution in [-0.2, 0) is 6.18 Å². The van der Waals surface area contributed by atoms with Gasteiger partial charge in [-0.1, -0.05) is 72.8 Å². The number of hydrogen-bond acceptors (Lipinski definition) is 2. The van der Waals surface area contributed by atoms with Crippen molar-refractivity contribution in [2.45, 2.75) is 37.0 Å². The zero-order valence-corrected chi connectivity index (χ0v) is 18.8. The molecule has 3 aromatic carbocycles. The van der Waals surface area contributed by atoms with Gasteiger partial charge in [0, 0.05) is 26.1 Å². The minimum Gasteiger partial charge on any atom is -0.355 e. The van der Waals surface area contributed by atoms with Gasteiger partial charge in [0.15, 0.2) is 0 Å². The van der Waals surface area contributed by atoms with E-state index in [-0.39, 0.29) is 11.6 Å². The summed E-state index contributed by atoms with van der Waals surface area (Å²) < 4.78 is 42.3. The Kier molecular flexibility index (Phi) is 5.69. The number of para-hydroxylation sites is 1. The van der Waals surface area contributed by atoms with Crippen LogP contribution in [0.2, 0.25) is 0 Å². The van der Waals surface area contributed by atoms with Crippen molar-refractivity contribution in [1.29, 1.82) is 0 Å². The fourth-order valence-electron chi connectivity index (χ4n) is 6.15. The van der Waals surface area contributed by atoms with E-state index in [0.29, 0.717) is 5.92 Å². The molecule has 33 heavy (non-hydrogen) atoms. The van der Waals surface area contributed by atoms with Gasteiger partial charge in [0.2, 0.25) is 0 Å². The van der Waals surface area contributed by atoms with Crippen LogP contribution in [0.4, 0.5) is 18.9 Å². The predicted molar refractivity (Wildman–Crippen MR) is 126 cm³/mol. The van der Waals surface area contributed by atoms with Gasteiger partial charge in [-0.05, 0) is 48.4 Å². The Labute approximate surface area is 193 Å². The lowest BCUT2D eigenvalue weighted by Crippen LogP contribution is -2.69. The van der Waals surface area contributed by atoms with Crippen molar-refractivity contribution in [3.05, 3.63) is 102 Å². The molecule has 0 N–H and O–H groups in total. The molecule has 0 aliphatic carbocycles. The third kappa shape index (κ3) is 3.82. The maximum atomic E-state index is 14.1. The number of fused-ring (bicyclic) bond motifs is 3. The Morgan fingerprint density at radius 3 is 1.82 bits per heavy atom. The first-order valence-electron chi connectivity index (χ1n) is 11.7. The number of alkyl halides is 3. The number of hydrogen-bond donors (Lipinski definition) is 0. The molecule has 0 aromatic heterocycles. The van der Waals surface area contributed by atoms with Crippen molar-refractivity contribution >= 4 is 5.69 Å². The summed E-state index contributed by atoms with van der Waals surface area (Å²) in [6.07, 6.45) is -1.37. The zero-order valence-electron chi connectivity index (χ0n) is 18.8. The number of anilines is 1. The summed E-state index contributed by atoms with van der Waals surface area (Å²) in [5.74, 6) is 0.416. The Morgan fingerprint density at radius 1 is 0.818 bits per heavy atom. The molecule has 3 saturated heterocycles. The van der Waals surface area contributed by atoms with Gasteiger partial charge in [0.25, 0.3) is 0 Å². The van der Waals surface area contributed by atoms with Crippen LogP contribution in [-0.4, -0.2) is 30.7 Å². The highest BCUT2D eigenvalue weighted by Crippen LogP contribution is 2.53. The van der Waals surface area contributed by atoms with E-state index in [9.17, 15) is 13.2 Å². The number of rotatable bonds is 5. The topological polar surface area (TPSA) is 6.48 Å². The van der Waals surface area contributed by atoms with Crippen LogP contribution in [0.5, 0.6) is 0 Å². The second-order valence-electron chi connectivity index (χ2n) is 9.34. The first kappa shape index (κ1) is 22.0. The molecule has 3 aromatic rings. The number of halogens is 3. The molecule has 0 unspecified atom stereocenters. The second kappa shape index (κ2) is 8.53. The average molecular weight is 451 g/mol. The number of likely N-dealkylation sites (N-methyl/N-ethyl adjacent to an activating group) is 1. The molecule has 3 aliphatic rings. The van der Waals surface area contributed by atoms with E-state index in [0.717, 1.165) is 43.5 Å². The van der Waals surface area contributed by atoms with Crippen LogP contribution in [0.1, 0.15) is 41.9 Å². The smallest absolute Gasteiger partial charge is 0.355 e. The van der Waals surface area contributed by atoms with Crippen LogP contribution in [0.3, 0.4) is 0 Å². The zero-order chi connectivity index (χ0) is 23.1. The largest absolute Gasteiger partial charge is 0.418 e. The van der Waals surface area contributed by atoms with Gasteiger partial charge in [-0.15, -0.1) is 0 Å². The van der Waals surface area contributed by atoms with Gasteiger partial charge < -0.3 is 4.90 Å². The lowest BCUT2D eigenvalue weighted by molar-refractivity contribution is -0.137. The minimum atomic E-state index is -4.41. The summed E-state index contributed by atoms with van der Waals surface area (Å²) in [7, 11) is 1.87. The van der Waals surface area contributed by atoms with Gasteiger partial charge in [0.1, 0.15) is 5.66 Å². The van der Waals surface area contributed by atoms with E-state index in [1.165, 1.54) is 12.1 Å². The molecule has 0 saturated carbocycles. The first-order chi connectivity index (χ1) is 15.9. The van der Waals surface area contributed by atoms with Gasteiger partial charge in [-0.2, -0.15) is 13.2 Å². The monoisotopic (exact) mass is 450 g/mol. The molecule has 3 fully saturated rings. The lowest BCUT2D eigenvalue weighted by Gasteiger charge is -2.62. The van der Waals surface area contributed by atoms with Gasteiger partial charge >= 0.3 is 6.18 Å². The van der Waals surface area contributed by atoms with E-state index in [1.807, 2.05) is 48.3 Å². The van der Waals surface area contributed by atoms with Gasteiger partial charge in [0.05, 0.1) is 11.3 Å². The van der Waals surface area contributed by atoms with Crippen LogP contribution < -0.4 is 4.90 Å². The number of nitrogens with zero attached hydrogens (tertiary/aromatic N) is 2. The Hall–Kier alpha value is -2.79. The quantitative estimate of drug-likeness (QED) is 0.422. The first-order valence-corrected chi connectivity index (χ1v) is 11.7. The van der Waals surface area contributed by atoms with Crippen molar-refractivity contribution in [3.8, 4) is 0 Å². The average Bonchev–Trinajstić information content (AvgIpc) is 2.85. The van der Waals surface area contributed by atoms with Crippen molar-refractivity contribution in [2.75, 3.05) is 25.0 Å². The van der Waals surface area contributed by atoms with Crippen molar-refractivity contribution < 1.29 is 13.2 Å². The van der Waals surface area contributed by atoms with E-state index in [1.54, 1.807) is 12.1 Å². The summed E-state index contributed by atoms with van der Waals surface area (Å²) >= 11 is 0. The summed E-state index contributed by atoms with van der Waals surface area (Å²) in [4.78, 5) is 4.40. The SMILES string of the molecule is CN(c1ccccc1C(F)(F)F)[C@@]1(C(c2ccccc2)c2ccccc2)CC2CCN1CC2. The molecule has 2 nitrogen and oxygen atoms in total. The standard InChI is InChI=1S/C28H29F3N2/c1-32(25-15-9-8-14-24(25)28(29,30)31)27(20-21-16-18-33(27)19-17-21)26(22-10-4-2-5-11-22)23-12-6-3-7-13-23/h2-15,21,26H,16-20H2,1H3/t27-/m0/s1. The Morgan fingerprint density at radius 2 is 1.33 bits per heavy atom. The van der Waals surface area contributed by atoms with Crippen molar-refractivity contribution in [3.63, 3.8) is 0 Å². The molecule has 0 spiro atoms. The maximum Gasteiger partial charge on any atom is 0.418 e. The molecule has 172 valence electrons. The molecule has 0 radical (unpaired) electrons. The van der Waals surface area contributed by atoms with E-state index in [4.69, 9.17) is 0 Å². The minimum absolute atomic E-state index is 0.0886. The molecular weight excluding hydrogens is 421 g/mol. The normalized spacial score (nSPS) is 24.8. The molecular formula is C28H29F3N2. The highest BCUT2D eigenvalue weighted by molar-refractivity contribution is 5.58. The second-order valence-corrected chi connectivity index (χ2v) is 9.34. The van der Waals surface area contributed by atoms with E-state index in [2.05, 4.69) is 29.2 Å². The number of benzene rings is 3. The highest BCUT2D eigenvalue weighted by Gasteiger charge is 2.55.